The molecule has 158 valence electrons. The number of carbonyl (C=O) groups is 2. The fourth-order valence-corrected chi connectivity index (χ4v) is 3.27. The molecule has 0 aromatic carbocycles. The summed E-state index contributed by atoms with van der Waals surface area (Å²) >= 11 is 0. The van der Waals surface area contributed by atoms with Crippen LogP contribution in [-0.4, -0.2) is 67.4 Å². The van der Waals surface area contributed by atoms with Crippen molar-refractivity contribution in [2.75, 3.05) is 27.3 Å². The van der Waals surface area contributed by atoms with Crippen molar-refractivity contribution in [2.24, 2.45) is 5.92 Å². The Labute approximate surface area is 156 Å². The molecular weight excluding hydrogens is 371 g/mol. The summed E-state index contributed by atoms with van der Waals surface area (Å²) in [6.07, 6.45) is 0.976. The predicted octanol–water partition coefficient (Wildman–Crippen LogP) is 2.78. The van der Waals surface area contributed by atoms with Crippen LogP contribution in [0.25, 0.3) is 0 Å². The maximum absolute atomic E-state index is 11.5. The van der Waals surface area contributed by atoms with Gasteiger partial charge in [-0.3, -0.25) is 9.69 Å². The summed E-state index contributed by atoms with van der Waals surface area (Å²) < 4.78 is 48.4. The number of nitrogens with zero attached hydrogens (tertiary/aromatic N) is 1. The SMILES string of the molecule is COC(=O)C1CCC(OC(C)(OC)N2CCCC2)CC1.O=C(O)C(F)(F)F. The number of halogens is 3. The standard InChI is InChI=1S/C15H27NO4.C2HF3O2/c1-15(19-3,16-10-4-5-11-16)20-13-8-6-12(7-9-13)14(17)18-2;3-2(4,5)1(6)7/h12-13H,4-11H2,1-3H3;(H,6,7). The molecule has 2 rings (SSSR count). The molecule has 1 heterocycles. The second-order valence-electron chi connectivity index (χ2n) is 6.71. The highest BCUT2D eigenvalue weighted by atomic mass is 19.4. The van der Waals surface area contributed by atoms with Gasteiger partial charge in [0.25, 0.3) is 0 Å². The third kappa shape index (κ3) is 7.27. The predicted molar refractivity (Wildman–Crippen MR) is 88.8 cm³/mol. The molecule has 1 N–H and O–H groups in total. The van der Waals surface area contributed by atoms with Gasteiger partial charge in [0.1, 0.15) is 0 Å². The maximum atomic E-state index is 11.5. The van der Waals surface area contributed by atoms with E-state index >= 15 is 0 Å². The lowest BCUT2D eigenvalue weighted by Gasteiger charge is -2.41. The van der Waals surface area contributed by atoms with Gasteiger partial charge in [-0.2, -0.15) is 13.2 Å². The molecule has 0 bridgehead atoms. The van der Waals surface area contributed by atoms with Gasteiger partial charge in [0, 0.05) is 27.1 Å². The summed E-state index contributed by atoms with van der Waals surface area (Å²) in [6, 6.07) is 0. The van der Waals surface area contributed by atoms with Crippen molar-refractivity contribution in [1.29, 1.82) is 0 Å². The van der Waals surface area contributed by atoms with Gasteiger partial charge in [0.15, 0.2) is 0 Å². The lowest BCUT2D eigenvalue weighted by Crippen LogP contribution is -2.51. The van der Waals surface area contributed by atoms with E-state index in [0.717, 1.165) is 38.8 Å². The number of carboxylic acid groups (broad SMARTS) is 1. The first-order valence-corrected chi connectivity index (χ1v) is 8.89. The van der Waals surface area contributed by atoms with Gasteiger partial charge in [-0.25, -0.2) is 4.79 Å². The lowest BCUT2D eigenvalue weighted by atomic mass is 9.87. The van der Waals surface area contributed by atoms with Gasteiger partial charge < -0.3 is 19.3 Å². The van der Waals surface area contributed by atoms with Crippen LogP contribution in [0.2, 0.25) is 0 Å². The number of carboxylic acids is 1. The first kappa shape index (κ1) is 23.6. The minimum absolute atomic E-state index is 0.0421. The molecule has 1 saturated heterocycles. The number of carbonyl (C=O) groups excluding carboxylic acids is 1. The monoisotopic (exact) mass is 399 g/mol. The van der Waals surface area contributed by atoms with E-state index < -0.39 is 18.1 Å². The highest BCUT2D eigenvalue weighted by molar-refractivity contribution is 5.73. The number of aliphatic carboxylic acids is 1. The zero-order valence-corrected chi connectivity index (χ0v) is 15.9. The second kappa shape index (κ2) is 10.2. The average Bonchev–Trinajstić information content (AvgIpc) is 3.16. The molecule has 27 heavy (non-hydrogen) atoms. The summed E-state index contributed by atoms with van der Waals surface area (Å²) in [5.41, 5.74) is 0. The molecule has 0 amide bonds. The molecule has 1 aliphatic carbocycles. The normalized spacial score (nSPS) is 25.9. The van der Waals surface area contributed by atoms with Gasteiger partial charge in [0.05, 0.1) is 19.1 Å². The Balaban J connectivity index is 0.000000445. The van der Waals surface area contributed by atoms with E-state index in [1.807, 2.05) is 6.92 Å². The molecule has 1 atom stereocenters. The summed E-state index contributed by atoms with van der Waals surface area (Å²) in [6.45, 7) is 4.06. The maximum Gasteiger partial charge on any atom is 0.490 e. The second-order valence-corrected chi connectivity index (χ2v) is 6.71. The molecule has 7 nitrogen and oxygen atoms in total. The number of ether oxygens (including phenoxy) is 3. The number of alkyl halides is 3. The Morgan fingerprint density at radius 1 is 1.04 bits per heavy atom. The molecule has 1 unspecified atom stereocenters. The van der Waals surface area contributed by atoms with E-state index in [4.69, 9.17) is 24.1 Å². The van der Waals surface area contributed by atoms with Crippen LogP contribution in [0.15, 0.2) is 0 Å². The topological polar surface area (TPSA) is 85.3 Å². The molecule has 1 saturated carbocycles. The quantitative estimate of drug-likeness (QED) is 0.562. The van der Waals surface area contributed by atoms with E-state index in [0.29, 0.717) is 0 Å². The summed E-state index contributed by atoms with van der Waals surface area (Å²) in [4.78, 5) is 22.7. The average molecular weight is 399 g/mol. The molecule has 0 aromatic rings. The van der Waals surface area contributed by atoms with Crippen LogP contribution in [-0.2, 0) is 23.8 Å². The van der Waals surface area contributed by atoms with Crippen molar-refractivity contribution in [1.82, 2.24) is 4.90 Å². The smallest absolute Gasteiger partial charge is 0.475 e. The molecule has 0 spiro atoms. The Hall–Kier alpha value is -1.39. The summed E-state index contributed by atoms with van der Waals surface area (Å²) in [7, 11) is 3.17. The van der Waals surface area contributed by atoms with Crippen LogP contribution >= 0.6 is 0 Å². The van der Waals surface area contributed by atoms with Crippen LogP contribution in [0.1, 0.15) is 45.4 Å². The van der Waals surface area contributed by atoms with Crippen molar-refractivity contribution < 1.29 is 42.1 Å². The highest BCUT2D eigenvalue weighted by Crippen LogP contribution is 2.32. The number of likely N-dealkylation sites (tertiary alicyclic amines) is 1. The zero-order chi connectivity index (χ0) is 20.7. The third-order valence-electron chi connectivity index (χ3n) is 4.90. The van der Waals surface area contributed by atoms with Gasteiger partial charge in [0.2, 0.25) is 5.91 Å². The molecule has 10 heteroatoms. The van der Waals surface area contributed by atoms with Crippen LogP contribution in [0.5, 0.6) is 0 Å². The Kier molecular flexibility index (Phi) is 8.97. The van der Waals surface area contributed by atoms with Crippen molar-refractivity contribution in [3.63, 3.8) is 0 Å². The highest BCUT2D eigenvalue weighted by Gasteiger charge is 2.39. The fraction of sp³-hybridized carbons (Fsp3) is 0.882. The van der Waals surface area contributed by atoms with E-state index in [2.05, 4.69) is 4.90 Å². The van der Waals surface area contributed by atoms with E-state index in [-0.39, 0.29) is 18.0 Å². The first-order chi connectivity index (χ1) is 12.5. The molecule has 2 aliphatic rings. The van der Waals surface area contributed by atoms with Crippen LogP contribution in [0.3, 0.4) is 0 Å². The van der Waals surface area contributed by atoms with Gasteiger partial charge in [-0.05, 0) is 38.5 Å². The number of rotatable bonds is 5. The van der Waals surface area contributed by atoms with Crippen molar-refractivity contribution in [3.8, 4) is 0 Å². The molecule has 0 radical (unpaired) electrons. The van der Waals surface area contributed by atoms with Gasteiger partial charge in [-0.15, -0.1) is 0 Å². The Morgan fingerprint density at radius 2 is 1.52 bits per heavy atom. The first-order valence-electron chi connectivity index (χ1n) is 8.89. The Morgan fingerprint density at radius 3 is 1.89 bits per heavy atom. The van der Waals surface area contributed by atoms with Crippen molar-refractivity contribution >= 4 is 11.9 Å². The number of methoxy groups -OCH3 is 2. The molecular formula is C17H28F3NO6. The summed E-state index contributed by atoms with van der Waals surface area (Å²) in [5.74, 6) is -3.43. The van der Waals surface area contributed by atoms with E-state index in [9.17, 15) is 18.0 Å². The van der Waals surface area contributed by atoms with Gasteiger partial charge >= 0.3 is 18.1 Å². The van der Waals surface area contributed by atoms with Gasteiger partial charge in [-0.1, -0.05) is 0 Å². The van der Waals surface area contributed by atoms with Crippen LogP contribution < -0.4 is 0 Å². The molecule has 0 aromatic heterocycles. The number of esters is 1. The molecule has 2 fully saturated rings. The van der Waals surface area contributed by atoms with Crippen molar-refractivity contribution in [2.45, 2.75) is 63.6 Å². The van der Waals surface area contributed by atoms with Crippen LogP contribution in [0.4, 0.5) is 13.2 Å². The minimum Gasteiger partial charge on any atom is -0.475 e. The van der Waals surface area contributed by atoms with Crippen LogP contribution in [0, 0.1) is 5.92 Å². The minimum atomic E-state index is -5.08. The summed E-state index contributed by atoms with van der Waals surface area (Å²) in [5, 5.41) is 7.12. The third-order valence-corrected chi connectivity index (χ3v) is 4.90. The lowest BCUT2D eigenvalue weighted by molar-refractivity contribution is -0.312. The number of hydrogen-bond donors (Lipinski definition) is 1. The fourth-order valence-electron chi connectivity index (χ4n) is 3.27. The van der Waals surface area contributed by atoms with E-state index in [1.54, 1.807) is 7.11 Å². The largest absolute Gasteiger partial charge is 0.490 e. The Bertz CT molecular complexity index is 488. The number of hydrogen-bond acceptors (Lipinski definition) is 6. The molecule has 1 aliphatic heterocycles. The van der Waals surface area contributed by atoms with Crippen molar-refractivity contribution in [3.05, 3.63) is 0 Å². The zero-order valence-electron chi connectivity index (χ0n) is 15.9. The van der Waals surface area contributed by atoms with E-state index in [1.165, 1.54) is 20.0 Å².